The number of esters is 1. The SMILES string of the molecule is CCOC(=O)[C@H](CC(C)C)N(OC[C@H]1O[C@@H](n2ccc(N)nc2=O)C(F)(F)[C@@H]1O)[P+](=O)O. The first-order valence-electron chi connectivity index (χ1n) is 9.70. The molecule has 15 heteroatoms. The quantitative estimate of drug-likeness (QED) is 0.242. The number of nitrogens with zero attached hydrogens (tertiary/aromatic N) is 3. The third-order valence-corrected chi connectivity index (χ3v) is 5.27. The molecule has 12 nitrogen and oxygen atoms in total. The number of aliphatic hydroxyl groups excluding tert-OH is 1. The molecule has 1 unspecified atom stereocenters. The van der Waals surface area contributed by atoms with Crippen LogP contribution in [0.15, 0.2) is 17.1 Å². The Hall–Kier alpha value is -2.09. The Morgan fingerprint density at radius 1 is 1.50 bits per heavy atom. The topological polar surface area (TPSA) is 166 Å². The average molecular weight is 483 g/mol. The van der Waals surface area contributed by atoms with Gasteiger partial charge in [-0.1, -0.05) is 13.8 Å². The standard InChI is InChI=1S/C17H25F2N4O8P/c1-4-29-14(25)10(7-9(2)3)23(32(27)28)30-8-11-13(24)17(18,19)15(31-11)22-6-5-12(20)21-16(22)26/h5-6,9-11,13,15,24H,4,7-8H2,1-3H3,(H2-,20,21,26,27,28)/p+1/t10-,11+,13+,15+/m0/s1. The molecule has 1 aliphatic heterocycles. The number of anilines is 1. The van der Waals surface area contributed by atoms with E-state index >= 15 is 0 Å². The number of ether oxygens (including phenoxy) is 2. The van der Waals surface area contributed by atoms with E-state index in [9.17, 15) is 32.9 Å². The number of nitrogen functional groups attached to an aromatic ring is 1. The highest BCUT2D eigenvalue weighted by Crippen LogP contribution is 2.42. The van der Waals surface area contributed by atoms with Gasteiger partial charge >= 0.3 is 25.8 Å². The van der Waals surface area contributed by atoms with Crippen molar-refractivity contribution in [1.29, 1.82) is 0 Å². The van der Waals surface area contributed by atoms with E-state index in [0.717, 1.165) is 12.3 Å². The molecule has 0 radical (unpaired) electrons. The molecule has 5 atom stereocenters. The zero-order valence-corrected chi connectivity index (χ0v) is 18.5. The predicted octanol–water partition coefficient (Wildman–Crippen LogP) is 0.580. The highest BCUT2D eigenvalue weighted by Gasteiger charge is 2.60. The Bertz CT molecular complexity index is 886. The largest absolute Gasteiger partial charge is 0.640 e. The zero-order chi connectivity index (χ0) is 24.2. The van der Waals surface area contributed by atoms with Crippen molar-refractivity contribution in [2.24, 2.45) is 5.92 Å². The zero-order valence-electron chi connectivity index (χ0n) is 17.6. The molecule has 0 bridgehead atoms. The van der Waals surface area contributed by atoms with Gasteiger partial charge in [-0.15, -0.1) is 4.89 Å². The number of nitrogens with two attached hydrogens (primary N) is 1. The number of halogens is 2. The number of carbonyl (C=O) groups excluding carboxylic acids is 1. The summed E-state index contributed by atoms with van der Waals surface area (Å²) >= 11 is 0. The molecule has 1 aliphatic rings. The molecule has 1 fully saturated rings. The minimum Gasteiger partial charge on any atom is -0.465 e. The summed E-state index contributed by atoms with van der Waals surface area (Å²) in [5.41, 5.74) is 4.23. The molecule has 180 valence electrons. The summed E-state index contributed by atoms with van der Waals surface area (Å²) in [6.07, 6.45) is -5.35. The Balaban J connectivity index is 2.21. The smallest absolute Gasteiger partial charge is 0.465 e. The van der Waals surface area contributed by atoms with Crippen LogP contribution in [0, 0.1) is 5.92 Å². The third kappa shape index (κ3) is 5.82. The van der Waals surface area contributed by atoms with E-state index in [-0.39, 0.29) is 24.8 Å². The van der Waals surface area contributed by atoms with Crippen molar-refractivity contribution in [2.75, 3.05) is 18.9 Å². The molecule has 2 heterocycles. The Labute approximate surface area is 182 Å². The number of aromatic nitrogens is 2. The van der Waals surface area contributed by atoms with Crippen LogP contribution in [-0.2, 0) is 23.7 Å². The maximum Gasteiger partial charge on any atom is 0.640 e. The van der Waals surface area contributed by atoms with Crippen LogP contribution < -0.4 is 11.4 Å². The summed E-state index contributed by atoms with van der Waals surface area (Å²) in [6, 6.07) is -0.201. The number of hydrogen-bond donors (Lipinski definition) is 3. The number of hydroxylamine groups is 1. The lowest BCUT2D eigenvalue weighted by Crippen LogP contribution is -2.44. The lowest BCUT2D eigenvalue weighted by Gasteiger charge is -2.22. The van der Waals surface area contributed by atoms with Gasteiger partial charge in [0.2, 0.25) is 6.23 Å². The van der Waals surface area contributed by atoms with Gasteiger partial charge in [0, 0.05) is 6.20 Å². The van der Waals surface area contributed by atoms with Crippen molar-refractivity contribution < 1.29 is 42.5 Å². The minimum atomic E-state index is -3.93. The van der Waals surface area contributed by atoms with Gasteiger partial charge in [-0.05, 0) is 29.9 Å². The monoisotopic (exact) mass is 483 g/mol. The summed E-state index contributed by atoms with van der Waals surface area (Å²) in [5, 5.41) is 10.1. The molecule has 32 heavy (non-hydrogen) atoms. The van der Waals surface area contributed by atoms with Crippen LogP contribution in [0.25, 0.3) is 0 Å². The minimum absolute atomic E-state index is 0.00616. The fourth-order valence-corrected chi connectivity index (χ4v) is 3.67. The molecule has 0 aromatic carbocycles. The summed E-state index contributed by atoms with van der Waals surface area (Å²) in [4.78, 5) is 42.8. The number of alkyl halides is 2. The number of hydrogen-bond acceptors (Lipinski definition) is 9. The molecule has 0 saturated carbocycles. The van der Waals surface area contributed by atoms with E-state index in [4.69, 9.17) is 20.0 Å². The summed E-state index contributed by atoms with van der Waals surface area (Å²) < 4.78 is 51.6. The van der Waals surface area contributed by atoms with E-state index in [1.54, 1.807) is 20.8 Å². The molecule has 0 aliphatic carbocycles. The van der Waals surface area contributed by atoms with E-state index in [0.29, 0.717) is 9.40 Å². The van der Waals surface area contributed by atoms with Crippen molar-refractivity contribution in [1.82, 2.24) is 14.4 Å². The molecular weight excluding hydrogens is 457 g/mol. The first-order valence-corrected chi connectivity index (χ1v) is 10.9. The van der Waals surface area contributed by atoms with Crippen LogP contribution >= 0.6 is 8.18 Å². The molecule has 4 N–H and O–H groups in total. The Morgan fingerprint density at radius 2 is 2.16 bits per heavy atom. The van der Waals surface area contributed by atoms with E-state index < -0.39 is 56.8 Å². The fourth-order valence-electron chi connectivity index (χ4n) is 3.08. The average Bonchev–Trinajstić information content (AvgIpc) is 2.90. The van der Waals surface area contributed by atoms with Crippen LogP contribution in [0.5, 0.6) is 0 Å². The summed E-state index contributed by atoms with van der Waals surface area (Å²) in [6.45, 7) is 4.24. The van der Waals surface area contributed by atoms with Gasteiger partial charge < -0.3 is 20.3 Å². The van der Waals surface area contributed by atoms with Gasteiger partial charge in [0.05, 0.1) is 11.4 Å². The van der Waals surface area contributed by atoms with Gasteiger partial charge in [-0.25, -0.2) is 4.79 Å². The van der Waals surface area contributed by atoms with Crippen LogP contribution in [0.2, 0.25) is 0 Å². The number of aliphatic hydroxyl groups is 1. The normalized spacial score (nSPS) is 24.0. The molecule has 0 spiro atoms. The second-order valence-corrected chi connectivity index (χ2v) is 8.34. The maximum atomic E-state index is 14.6. The van der Waals surface area contributed by atoms with Gasteiger partial charge in [0.1, 0.15) is 18.5 Å². The van der Waals surface area contributed by atoms with Gasteiger partial charge in [0.15, 0.2) is 12.1 Å². The van der Waals surface area contributed by atoms with Crippen LogP contribution in [0.1, 0.15) is 33.4 Å². The highest BCUT2D eigenvalue weighted by atomic mass is 31.1. The van der Waals surface area contributed by atoms with Crippen LogP contribution in [-0.4, -0.2) is 67.7 Å². The lowest BCUT2D eigenvalue weighted by atomic mass is 10.0. The molecule has 2 rings (SSSR count). The second kappa shape index (κ2) is 10.7. The van der Waals surface area contributed by atoms with Gasteiger partial charge in [-0.2, -0.15) is 13.8 Å². The first kappa shape index (κ1) is 26.2. The van der Waals surface area contributed by atoms with E-state index in [2.05, 4.69) is 4.98 Å². The van der Waals surface area contributed by atoms with Crippen molar-refractivity contribution in [3.63, 3.8) is 0 Å². The van der Waals surface area contributed by atoms with Crippen LogP contribution in [0.4, 0.5) is 14.6 Å². The predicted molar refractivity (Wildman–Crippen MR) is 105 cm³/mol. The fraction of sp³-hybridized carbons (Fsp3) is 0.706. The lowest BCUT2D eigenvalue weighted by molar-refractivity contribution is -0.185. The van der Waals surface area contributed by atoms with Gasteiger partial charge in [-0.3, -0.25) is 14.2 Å². The molecule has 1 aromatic heterocycles. The summed E-state index contributed by atoms with van der Waals surface area (Å²) in [7, 11) is -3.24. The van der Waals surface area contributed by atoms with E-state index in [1.165, 1.54) is 0 Å². The highest BCUT2D eigenvalue weighted by molar-refractivity contribution is 7.35. The molecule has 1 saturated heterocycles. The number of carbonyl (C=O) groups is 1. The maximum absolute atomic E-state index is 14.6. The van der Waals surface area contributed by atoms with Crippen molar-refractivity contribution >= 4 is 20.0 Å². The second-order valence-electron chi connectivity index (χ2n) is 7.44. The summed E-state index contributed by atoms with van der Waals surface area (Å²) in [5.74, 6) is -5.07. The molecular formula is C17H26F2N4O8P+. The van der Waals surface area contributed by atoms with Crippen molar-refractivity contribution in [3.8, 4) is 0 Å². The van der Waals surface area contributed by atoms with Crippen molar-refractivity contribution in [2.45, 2.75) is 57.6 Å². The Morgan fingerprint density at radius 3 is 2.69 bits per heavy atom. The van der Waals surface area contributed by atoms with Crippen molar-refractivity contribution in [3.05, 3.63) is 22.7 Å². The third-order valence-electron chi connectivity index (χ3n) is 4.54. The van der Waals surface area contributed by atoms with Gasteiger partial charge in [0.25, 0.3) is 0 Å². The van der Waals surface area contributed by atoms with Crippen LogP contribution in [0.3, 0.4) is 0 Å². The molecule has 0 amide bonds. The number of rotatable bonds is 10. The molecule has 1 aromatic rings. The Kier molecular flexibility index (Phi) is 8.74. The first-order chi connectivity index (χ1) is 14.9. The van der Waals surface area contributed by atoms with E-state index in [1.807, 2.05) is 0 Å².